The second kappa shape index (κ2) is 7.63. The van der Waals surface area contributed by atoms with Crippen molar-refractivity contribution in [3.63, 3.8) is 0 Å². The molecule has 1 aliphatic heterocycles. The molecule has 0 radical (unpaired) electrons. The van der Waals surface area contributed by atoms with E-state index in [9.17, 15) is 4.79 Å². The summed E-state index contributed by atoms with van der Waals surface area (Å²) in [4.78, 5) is 15.0. The van der Waals surface area contributed by atoms with Gasteiger partial charge in [-0.25, -0.2) is 0 Å². The van der Waals surface area contributed by atoms with Gasteiger partial charge in [0.1, 0.15) is 11.9 Å². The Hall–Kier alpha value is -1.55. The van der Waals surface area contributed by atoms with Crippen LogP contribution in [0.4, 0.5) is 5.69 Å². The number of Topliss-reactive ketones (excluding diaryl/α,β-unsaturated/α-hetero) is 1. The minimum atomic E-state index is -0.0852. The molecule has 0 fully saturated rings. The zero-order chi connectivity index (χ0) is 16.1. The number of ether oxygens (including phenoxy) is 1. The number of unbranched alkanes of at least 4 members (excludes halogenated alkanes) is 1. The predicted octanol–water partition coefficient (Wildman–Crippen LogP) is 3.57. The van der Waals surface area contributed by atoms with Crippen LogP contribution in [-0.2, 0) is 0 Å². The fourth-order valence-corrected chi connectivity index (χ4v) is 2.83. The van der Waals surface area contributed by atoms with E-state index in [4.69, 9.17) is 4.74 Å². The number of nitrogens with one attached hydrogen (secondary N) is 1. The molecule has 1 aliphatic rings. The molecule has 0 saturated carbocycles. The Morgan fingerprint density at radius 1 is 1.45 bits per heavy atom. The third-order valence-corrected chi connectivity index (χ3v) is 4.30. The van der Waals surface area contributed by atoms with E-state index in [0.29, 0.717) is 0 Å². The summed E-state index contributed by atoms with van der Waals surface area (Å²) in [6, 6.07) is 5.62. The highest BCUT2D eigenvalue weighted by Crippen LogP contribution is 2.30. The fourth-order valence-electron chi connectivity index (χ4n) is 2.83. The Morgan fingerprint density at radius 2 is 2.23 bits per heavy atom. The van der Waals surface area contributed by atoms with Crippen molar-refractivity contribution >= 4 is 11.5 Å². The predicted molar refractivity (Wildman–Crippen MR) is 91.0 cm³/mol. The molecule has 0 aliphatic carbocycles. The van der Waals surface area contributed by atoms with Crippen molar-refractivity contribution in [1.29, 1.82) is 0 Å². The lowest BCUT2D eigenvalue weighted by Crippen LogP contribution is -2.39. The Bertz CT molecular complexity index is 516. The van der Waals surface area contributed by atoms with Crippen LogP contribution in [0.5, 0.6) is 5.75 Å². The molecule has 4 nitrogen and oxygen atoms in total. The first-order valence-corrected chi connectivity index (χ1v) is 8.39. The largest absolute Gasteiger partial charge is 0.487 e. The smallest absolute Gasteiger partial charge is 0.179 e. The van der Waals surface area contributed by atoms with Gasteiger partial charge in [0.2, 0.25) is 0 Å². The van der Waals surface area contributed by atoms with Crippen LogP contribution in [-0.4, -0.2) is 42.5 Å². The molecule has 22 heavy (non-hydrogen) atoms. The number of benzene rings is 1. The Labute approximate surface area is 133 Å². The van der Waals surface area contributed by atoms with Crippen molar-refractivity contribution in [3.05, 3.63) is 23.8 Å². The molecular formula is C18H28N2O2. The number of carbonyl (C=O) groups excluding carboxylic acids is 1. The Morgan fingerprint density at radius 3 is 2.91 bits per heavy atom. The van der Waals surface area contributed by atoms with Crippen LogP contribution in [0.3, 0.4) is 0 Å². The lowest BCUT2D eigenvalue weighted by Gasteiger charge is -2.28. The molecule has 122 valence electrons. The topological polar surface area (TPSA) is 41.6 Å². The SMILES string of the molecule is CCCCN(CC)C(C)C(=O)c1ccc2c(c1)NCC(C)O2. The number of nitrogens with zero attached hydrogens (tertiary/aromatic N) is 1. The summed E-state index contributed by atoms with van der Waals surface area (Å²) < 4.78 is 5.76. The van der Waals surface area contributed by atoms with Gasteiger partial charge in [-0.2, -0.15) is 0 Å². The van der Waals surface area contributed by atoms with E-state index in [-0.39, 0.29) is 17.9 Å². The average molecular weight is 304 g/mol. The van der Waals surface area contributed by atoms with Crippen molar-refractivity contribution in [1.82, 2.24) is 4.90 Å². The quantitative estimate of drug-likeness (QED) is 0.782. The Balaban J connectivity index is 2.11. The monoisotopic (exact) mass is 304 g/mol. The van der Waals surface area contributed by atoms with Gasteiger partial charge in [-0.3, -0.25) is 9.69 Å². The van der Waals surface area contributed by atoms with Gasteiger partial charge < -0.3 is 10.1 Å². The number of ketones is 1. The number of anilines is 1. The van der Waals surface area contributed by atoms with Crippen LogP contribution in [0, 0.1) is 0 Å². The maximum absolute atomic E-state index is 12.7. The zero-order valence-corrected chi connectivity index (χ0v) is 14.2. The third kappa shape index (κ3) is 3.80. The summed E-state index contributed by atoms with van der Waals surface area (Å²) in [6.07, 6.45) is 2.44. The number of likely N-dealkylation sites (N-methyl/N-ethyl adjacent to an activating group) is 1. The summed E-state index contributed by atoms with van der Waals surface area (Å²) in [5.41, 5.74) is 1.68. The first-order chi connectivity index (χ1) is 10.6. The van der Waals surface area contributed by atoms with Crippen LogP contribution >= 0.6 is 0 Å². The van der Waals surface area contributed by atoms with Crippen molar-refractivity contribution in [2.75, 3.05) is 25.0 Å². The standard InChI is InChI=1S/C18H28N2O2/c1-5-7-10-20(6-2)14(4)18(21)15-8-9-17-16(11-15)19-12-13(3)22-17/h8-9,11,13-14,19H,5-7,10,12H2,1-4H3. The average Bonchev–Trinajstić information content (AvgIpc) is 2.54. The van der Waals surface area contributed by atoms with Gasteiger partial charge >= 0.3 is 0 Å². The summed E-state index contributed by atoms with van der Waals surface area (Å²) in [6.45, 7) is 11.0. The molecule has 0 amide bonds. The number of hydrogen-bond acceptors (Lipinski definition) is 4. The van der Waals surface area contributed by atoms with Gasteiger partial charge in [0.25, 0.3) is 0 Å². The van der Waals surface area contributed by atoms with E-state index >= 15 is 0 Å². The summed E-state index contributed by atoms with van der Waals surface area (Å²) in [7, 11) is 0. The van der Waals surface area contributed by atoms with Crippen molar-refractivity contribution in [2.24, 2.45) is 0 Å². The maximum Gasteiger partial charge on any atom is 0.179 e. The molecule has 0 aromatic heterocycles. The van der Waals surface area contributed by atoms with Gasteiger partial charge in [0.05, 0.1) is 18.3 Å². The van der Waals surface area contributed by atoms with Gasteiger partial charge in [-0.1, -0.05) is 20.3 Å². The second-order valence-electron chi connectivity index (χ2n) is 6.04. The van der Waals surface area contributed by atoms with Crippen molar-refractivity contribution < 1.29 is 9.53 Å². The zero-order valence-electron chi connectivity index (χ0n) is 14.2. The van der Waals surface area contributed by atoms with Gasteiger partial charge in [-0.05, 0) is 51.6 Å². The number of fused-ring (bicyclic) bond motifs is 1. The van der Waals surface area contributed by atoms with E-state index in [1.165, 1.54) is 0 Å². The van der Waals surface area contributed by atoms with E-state index in [0.717, 1.165) is 49.5 Å². The molecule has 0 bridgehead atoms. The Kier molecular flexibility index (Phi) is 5.83. The second-order valence-corrected chi connectivity index (χ2v) is 6.04. The van der Waals surface area contributed by atoms with Crippen molar-refractivity contribution in [2.45, 2.75) is 52.7 Å². The molecule has 2 unspecified atom stereocenters. The molecule has 2 rings (SSSR count). The first kappa shape index (κ1) is 16.8. The number of rotatable bonds is 7. The van der Waals surface area contributed by atoms with E-state index in [1.807, 2.05) is 32.0 Å². The van der Waals surface area contributed by atoms with Crippen LogP contribution < -0.4 is 10.1 Å². The van der Waals surface area contributed by atoms with Crippen LogP contribution in [0.2, 0.25) is 0 Å². The van der Waals surface area contributed by atoms with E-state index in [1.54, 1.807) is 0 Å². The minimum absolute atomic E-state index is 0.0852. The minimum Gasteiger partial charge on any atom is -0.487 e. The van der Waals surface area contributed by atoms with Gasteiger partial charge in [0, 0.05) is 5.56 Å². The number of hydrogen-bond donors (Lipinski definition) is 1. The van der Waals surface area contributed by atoms with E-state index < -0.39 is 0 Å². The van der Waals surface area contributed by atoms with Gasteiger partial charge in [-0.15, -0.1) is 0 Å². The normalized spacial score (nSPS) is 18.3. The molecule has 4 heteroatoms. The molecule has 1 heterocycles. The fraction of sp³-hybridized carbons (Fsp3) is 0.611. The van der Waals surface area contributed by atoms with Crippen LogP contribution in [0.15, 0.2) is 18.2 Å². The maximum atomic E-state index is 12.7. The summed E-state index contributed by atoms with van der Waals surface area (Å²) >= 11 is 0. The molecule has 1 aromatic carbocycles. The van der Waals surface area contributed by atoms with Gasteiger partial charge in [0.15, 0.2) is 5.78 Å². The molecule has 0 spiro atoms. The summed E-state index contributed by atoms with van der Waals surface area (Å²) in [5.74, 6) is 1.02. The number of carbonyl (C=O) groups is 1. The third-order valence-electron chi connectivity index (χ3n) is 4.30. The highest BCUT2D eigenvalue weighted by Gasteiger charge is 2.23. The van der Waals surface area contributed by atoms with Crippen molar-refractivity contribution in [3.8, 4) is 5.75 Å². The lowest BCUT2D eigenvalue weighted by atomic mass is 10.0. The highest BCUT2D eigenvalue weighted by molar-refractivity contribution is 6.01. The molecule has 1 aromatic rings. The van der Waals surface area contributed by atoms with Crippen LogP contribution in [0.25, 0.3) is 0 Å². The van der Waals surface area contributed by atoms with Crippen LogP contribution in [0.1, 0.15) is 50.9 Å². The summed E-state index contributed by atoms with van der Waals surface area (Å²) in [5, 5.41) is 3.33. The van der Waals surface area contributed by atoms with E-state index in [2.05, 4.69) is 24.1 Å². The molecule has 0 saturated heterocycles. The molecule has 1 N–H and O–H groups in total. The molecule has 2 atom stereocenters. The first-order valence-electron chi connectivity index (χ1n) is 8.39. The molecular weight excluding hydrogens is 276 g/mol. The highest BCUT2D eigenvalue weighted by atomic mass is 16.5. The lowest BCUT2D eigenvalue weighted by molar-refractivity contribution is 0.0843.